The third kappa shape index (κ3) is 5.98. The Balaban J connectivity index is 1.33. The largest absolute Gasteiger partial charge is 0.484 e. The fourth-order valence-electron chi connectivity index (χ4n) is 3.24. The van der Waals surface area contributed by atoms with Gasteiger partial charge in [0.1, 0.15) is 11.6 Å². The summed E-state index contributed by atoms with van der Waals surface area (Å²) in [6, 6.07) is 29.4. The Bertz CT molecular complexity index is 1250. The van der Waals surface area contributed by atoms with E-state index in [1.165, 1.54) is 0 Å². The monoisotopic (exact) mass is 452 g/mol. The molecule has 34 heavy (non-hydrogen) atoms. The average molecular weight is 453 g/mol. The number of amides is 2. The highest BCUT2D eigenvalue weighted by Gasteiger charge is 2.10. The molecule has 4 rings (SSSR count). The Hall–Kier alpha value is -4.65. The van der Waals surface area contributed by atoms with E-state index in [2.05, 4.69) is 15.6 Å². The van der Waals surface area contributed by atoms with Crippen LogP contribution in [0.4, 0.5) is 22.9 Å². The lowest BCUT2D eigenvalue weighted by atomic mass is 10.2. The molecule has 0 spiro atoms. The second kappa shape index (κ2) is 10.8. The van der Waals surface area contributed by atoms with Crippen LogP contribution in [0.25, 0.3) is 0 Å². The summed E-state index contributed by atoms with van der Waals surface area (Å²) in [5.74, 6) is 0.638. The number of para-hydroxylation sites is 2. The van der Waals surface area contributed by atoms with E-state index in [0.717, 1.165) is 11.5 Å². The lowest BCUT2D eigenvalue weighted by molar-refractivity contribution is -0.118. The van der Waals surface area contributed by atoms with Crippen LogP contribution < -0.4 is 20.3 Å². The van der Waals surface area contributed by atoms with Gasteiger partial charge < -0.3 is 20.3 Å². The first kappa shape index (κ1) is 22.5. The first-order valence-corrected chi connectivity index (χ1v) is 10.7. The Kier molecular flexibility index (Phi) is 7.15. The molecule has 4 aromatic rings. The molecule has 0 saturated carbocycles. The van der Waals surface area contributed by atoms with Gasteiger partial charge in [-0.2, -0.15) is 0 Å². The highest BCUT2D eigenvalue weighted by Crippen LogP contribution is 2.22. The van der Waals surface area contributed by atoms with Gasteiger partial charge in [-0.3, -0.25) is 9.59 Å². The summed E-state index contributed by atoms with van der Waals surface area (Å²) in [4.78, 5) is 31.1. The molecule has 0 aliphatic carbocycles. The average Bonchev–Trinajstić information content (AvgIpc) is 2.88. The predicted octanol–water partition coefficient (Wildman–Crippen LogP) is 5.12. The minimum absolute atomic E-state index is 0.146. The van der Waals surface area contributed by atoms with E-state index >= 15 is 0 Å². The smallest absolute Gasteiger partial charge is 0.262 e. The summed E-state index contributed by atoms with van der Waals surface area (Å²) in [5, 5.41) is 5.59. The van der Waals surface area contributed by atoms with Crippen molar-refractivity contribution >= 4 is 34.7 Å². The lowest BCUT2D eigenvalue weighted by Gasteiger charge is -2.18. The Morgan fingerprint density at radius 3 is 2.24 bits per heavy atom. The van der Waals surface area contributed by atoms with Crippen LogP contribution in [0.2, 0.25) is 0 Å². The number of rotatable bonds is 8. The molecule has 0 radical (unpaired) electrons. The van der Waals surface area contributed by atoms with Gasteiger partial charge in [0.05, 0.1) is 5.56 Å². The van der Waals surface area contributed by atoms with E-state index in [1.54, 1.807) is 54.7 Å². The van der Waals surface area contributed by atoms with Crippen LogP contribution in [-0.2, 0) is 4.79 Å². The number of hydrogen-bond acceptors (Lipinski definition) is 5. The molecule has 0 saturated heterocycles. The third-order valence-corrected chi connectivity index (χ3v) is 5.02. The predicted molar refractivity (Wildman–Crippen MR) is 134 cm³/mol. The fourth-order valence-corrected chi connectivity index (χ4v) is 3.24. The molecule has 3 aromatic carbocycles. The van der Waals surface area contributed by atoms with Crippen LogP contribution in [0.3, 0.4) is 0 Å². The highest BCUT2D eigenvalue weighted by atomic mass is 16.5. The van der Waals surface area contributed by atoms with Gasteiger partial charge in [-0.05, 0) is 48.5 Å². The van der Waals surface area contributed by atoms with E-state index in [4.69, 9.17) is 4.74 Å². The molecule has 0 aliphatic rings. The van der Waals surface area contributed by atoms with Gasteiger partial charge in [0.15, 0.2) is 6.61 Å². The standard InChI is InChI=1S/C27H24N4O3/c1-31(23-12-6-3-7-13-23)25-16-15-20(18-28-25)27(33)30-22-11-8-14-24(17-22)34-19-26(32)29-21-9-4-2-5-10-21/h2-18H,19H2,1H3,(H,29,32)(H,30,33). The normalized spacial score (nSPS) is 10.3. The second-order valence-corrected chi connectivity index (χ2v) is 7.48. The van der Waals surface area contributed by atoms with Crippen molar-refractivity contribution in [1.29, 1.82) is 0 Å². The summed E-state index contributed by atoms with van der Waals surface area (Å²) in [6.45, 7) is -0.146. The van der Waals surface area contributed by atoms with Crippen molar-refractivity contribution in [3.63, 3.8) is 0 Å². The van der Waals surface area contributed by atoms with Crippen LogP contribution in [-0.4, -0.2) is 30.5 Å². The van der Waals surface area contributed by atoms with E-state index < -0.39 is 0 Å². The number of ether oxygens (including phenoxy) is 1. The molecule has 2 amide bonds. The Morgan fingerprint density at radius 2 is 1.53 bits per heavy atom. The molecule has 0 aliphatic heterocycles. The van der Waals surface area contributed by atoms with Crippen molar-refractivity contribution in [3.05, 3.63) is 109 Å². The summed E-state index contributed by atoms with van der Waals surface area (Å²) in [5.41, 5.74) is 2.68. The van der Waals surface area contributed by atoms with E-state index in [1.807, 2.05) is 60.5 Å². The minimum Gasteiger partial charge on any atom is -0.484 e. The van der Waals surface area contributed by atoms with Crippen LogP contribution >= 0.6 is 0 Å². The molecular formula is C27H24N4O3. The van der Waals surface area contributed by atoms with Crippen molar-refractivity contribution in [3.8, 4) is 5.75 Å². The van der Waals surface area contributed by atoms with Gasteiger partial charge in [-0.25, -0.2) is 4.98 Å². The molecule has 7 nitrogen and oxygen atoms in total. The SMILES string of the molecule is CN(c1ccccc1)c1ccc(C(=O)Nc2cccc(OCC(=O)Nc3ccccc3)c2)cn1. The summed E-state index contributed by atoms with van der Waals surface area (Å²) in [7, 11) is 1.92. The maximum Gasteiger partial charge on any atom is 0.262 e. The molecule has 7 heteroatoms. The first-order chi connectivity index (χ1) is 16.6. The van der Waals surface area contributed by atoms with Crippen LogP contribution in [0.1, 0.15) is 10.4 Å². The van der Waals surface area contributed by atoms with Crippen LogP contribution in [0.5, 0.6) is 5.75 Å². The molecule has 170 valence electrons. The number of hydrogen-bond donors (Lipinski definition) is 2. The van der Waals surface area contributed by atoms with Crippen molar-refractivity contribution in [2.75, 3.05) is 29.2 Å². The quantitative estimate of drug-likeness (QED) is 0.388. The molecule has 0 atom stereocenters. The van der Waals surface area contributed by atoms with Crippen LogP contribution in [0, 0.1) is 0 Å². The summed E-state index contributed by atoms with van der Waals surface area (Å²) in [6.07, 6.45) is 1.54. The fraction of sp³-hybridized carbons (Fsp3) is 0.0741. The van der Waals surface area contributed by atoms with Gasteiger partial charge in [0, 0.05) is 36.4 Å². The maximum absolute atomic E-state index is 12.7. The van der Waals surface area contributed by atoms with E-state index in [9.17, 15) is 9.59 Å². The van der Waals surface area contributed by atoms with Gasteiger partial charge in [0.25, 0.3) is 11.8 Å². The first-order valence-electron chi connectivity index (χ1n) is 10.7. The number of carbonyl (C=O) groups is 2. The number of benzene rings is 3. The number of aromatic nitrogens is 1. The van der Waals surface area contributed by atoms with Crippen molar-refractivity contribution in [2.24, 2.45) is 0 Å². The number of carbonyl (C=O) groups excluding carboxylic acids is 2. The summed E-state index contributed by atoms with van der Waals surface area (Å²) >= 11 is 0. The zero-order valence-electron chi connectivity index (χ0n) is 18.6. The highest BCUT2D eigenvalue weighted by molar-refractivity contribution is 6.04. The molecular weight excluding hydrogens is 428 g/mol. The van der Waals surface area contributed by atoms with Gasteiger partial charge >= 0.3 is 0 Å². The van der Waals surface area contributed by atoms with E-state index in [-0.39, 0.29) is 18.4 Å². The third-order valence-electron chi connectivity index (χ3n) is 5.02. The van der Waals surface area contributed by atoms with Gasteiger partial charge in [-0.1, -0.05) is 42.5 Å². The molecule has 1 heterocycles. The minimum atomic E-state index is -0.291. The Morgan fingerprint density at radius 1 is 0.824 bits per heavy atom. The molecule has 0 unspecified atom stereocenters. The molecule has 0 fully saturated rings. The van der Waals surface area contributed by atoms with Crippen LogP contribution in [0.15, 0.2) is 103 Å². The van der Waals surface area contributed by atoms with E-state index in [0.29, 0.717) is 22.7 Å². The van der Waals surface area contributed by atoms with Crippen molar-refractivity contribution in [2.45, 2.75) is 0 Å². The number of nitrogens with zero attached hydrogens (tertiary/aromatic N) is 2. The molecule has 1 aromatic heterocycles. The van der Waals surface area contributed by atoms with Gasteiger partial charge in [-0.15, -0.1) is 0 Å². The van der Waals surface area contributed by atoms with Crippen molar-refractivity contribution in [1.82, 2.24) is 4.98 Å². The Labute approximate surface area is 198 Å². The number of anilines is 4. The van der Waals surface area contributed by atoms with Crippen molar-refractivity contribution < 1.29 is 14.3 Å². The van der Waals surface area contributed by atoms with Gasteiger partial charge in [0.2, 0.25) is 0 Å². The number of pyridine rings is 1. The zero-order chi connectivity index (χ0) is 23.8. The molecule has 2 N–H and O–H groups in total. The topological polar surface area (TPSA) is 83.6 Å². The second-order valence-electron chi connectivity index (χ2n) is 7.48. The zero-order valence-corrected chi connectivity index (χ0v) is 18.6. The lowest BCUT2D eigenvalue weighted by Crippen LogP contribution is -2.20. The summed E-state index contributed by atoms with van der Waals surface area (Å²) < 4.78 is 5.57. The molecule has 0 bridgehead atoms. The maximum atomic E-state index is 12.7. The number of nitrogens with one attached hydrogen (secondary N) is 2.